The molecule has 1 unspecified atom stereocenters. The van der Waals surface area contributed by atoms with Crippen LogP contribution in [-0.4, -0.2) is 46.8 Å². The number of Topliss-reactive ketones (excluding diaryl/α,β-unsaturated/α-hetero) is 1. The molecular formula is C33H31Cl2N3O6S2. The lowest BCUT2D eigenvalue weighted by Gasteiger charge is -2.23. The number of carbonyl (C=O) groups excluding carboxylic acids is 2. The largest absolute Gasteiger partial charge is 0.507 e. The van der Waals surface area contributed by atoms with Gasteiger partial charge in [0, 0.05) is 21.4 Å². The second-order valence-electron chi connectivity index (χ2n) is 9.99. The molecule has 1 amide bonds. The SMILES string of the molecule is CCCOc1ccc(/C(O)=C2\C(=O)C(=O)N(c3nnc(SCc4ccc(Cl)cc4Cl)s3)C2c2ccc(OCC)c(OCC)c2)cc1. The first-order valence-electron chi connectivity index (χ1n) is 14.6. The Labute approximate surface area is 285 Å². The lowest BCUT2D eigenvalue weighted by Crippen LogP contribution is -2.29. The number of thioether (sulfide) groups is 1. The molecule has 240 valence electrons. The maximum atomic E-state index is 13.7. The van der Waals surface area contributed by atoms with Crippen LogP contribution < -0.4 is 19.1 Å². The van der Waals surface area contributed by atoms with Crippen LogP contribution in [0.1, 0.15) is 49.9 Å². The zero-order valence-corrected chi connectivity index (χ0v) is 28.4. The van der Waals surface area contributed by atoms with Crippen LogP contribution in [0.2, 0.25) is 10.0 Å². The van der Waals surface area contributed by atoms with Gasteiger partial charge in [-0.2, -0.15) is 0 Å². The number of hydrogen-bond acceptors (Lipinski definition) is 10. The van der Waals surface area contributed by atoms with Crippen LogP contribution in [0.25, 0.3) is 5.76 Å². The highest BCUT2D eigenvalue weighted by atomic mass is 35.5. The van der Waals surface area contributed by atoms with Gasteiger partial charge in [-0.3, -0.25) is 14.5 Å². The van der Waals surface area contributed by atoms with E-state index < -0.39 is 17.7 Å². The van der Waals surface area contributed by atoms with Crippen molar-refractivity contribution in [1.82, 2.24) is 10.2 Å². The van der Waals surface area contributed by atoms with Gasteiger partial charge in [0.15, 0.2) is 15.8 Å². The fourth-order valence-corrected chi connectivity index (χ4v) is 7.23. The Morgan fingerprint density at radius 3 is 2.37 bits per heavy atom. The number of halogens is 2. The molecule has 1 saturated heterocycles. The van der Waals surface area contributed by atoms with Crippen LogP contribution in [-0.2, 0) is 15.3 Å². The second kappa shape index (κ2) is 15.2. The van der Waals surface area contributed by atoms with Crippen molar-refractivity contribution >= 4 is 68.9 Å². The van der Waals surface area contributed by atoms with E-state index in [1.165, 1.54) is 16.7 Å². The van der Waals surface area contributed by atoms with Crippen molar-refractivity contribution in [1.29, 1.82) is 0 Å². The van der Waals surface area contributed by atoms with Crippen molar-refractivity contribution in [3.8, 4) is 17.2 Å². The third-order valence-corrected chi connectivity index (χ3v) is 9.59. The lowest BCUT2D eigenvalue weighted by atomic mass is 9.95. The molecular weight excluding hydrogens is 669 g/mol. The number of benzene rings is 3. The van der Waals surface area contributed by atoms with Gasteiger partial charge in [-0.1, -0.05) is 65.4 Å². The van der Waals surface area contributed by atoms with E-state index in [1.807, 2.05) is 26.8 Å². The molecule has 0 saturated carbocycles. The summed E-state index contributed by atoms with van der Waals surface area (Å²) in [6.07, 6.45) is 0.845. The highest BCUT2D eigenvalue weighted by molar-refractivity contribution is 8.00. The number of nitrogens with zero attached hydrogens (tertiary/aromatic N) is 3. The summed E-state index contributed by atoms with van der Waals surface area (Å²) in [5, 5.41) is 21.4. The highest BCUT2D eigenvalue weighted by Crippen LogP contribution is 2.46. The number of aliphatic hydroxyl groups is 1. The van der Waals surface area contributed by atoms with Gasteiger partial charge >= 0.3 is 5.91 Å². The zero-order valence-electron chi connectivity index (χ0n) is 25.3. The minimum atomic E-state index is -1.03. The van der Waals surface area contributed by atoms with Crippen LogP contribution in [0.5, 0.6) is 17.2 Å². The Hall–Kier alpha value is -3.77. The van der Waals surface area contributed by atoms with E-state index in [0.29, 0.717) is 68.3 Å². The number of aromatic nitrogens is 2. The number of ether oxygens (including phenoxy) is 3. The summed E-state index contributed by atoms with van der Waals surface area (Å²) in [6.45, 7) is 7.05. The van der Waals surface area contributed by atoms with E-state index in [-0.39, 0.29) is 16.5 Å². The van der Waals surface area contributed by atoms with Crippen LogP contribution in [0.4, 0.5) is 5.13 Å². The van der Waals surface area contributed by atoms with Gasteiger partial charge < -0.3 is 19.3 Å². The van der Waals surface area contributed by atoms with Gasteiger partial charge in [0.2, 0.25) is 5.13 Å². The molecule has 1 aliphatic heterocycles. The van der Waals surface area contributed by atoms with Crippen LogP contribution in [0.3, 0.4) is 0 Å². The summed E-state index contributed by atoms with van der Waals surface area (Å²) in [4.78, 5) is 28.7. The second-order valence-corrected chi connectivity index (χ2v) is 13.0. The summed E-state index contributed by atoms with van der Waals surface area (Å²) in [6, 6.07) is 16.1. The fraction of sp³-hybridized carbons (Fsp3) is 0.273. The molecule has 1 aliphatic rings. The van der Waals surface area contributed by atoms with Crippen molar-refractivity contribution < 1.29 is 28.9 Å². The predicted octanol–water partition coefficient (Wildman–Crippen LogP) is 8.35. The van der Waals surface area contributed by atoms with Crippen LogP contribution >= 0.6 is 46.3 Å². The van der Waals surface area contributed by atoms with Gasteiger partial charge in [-0.05, 0) is 79.9 Å². The van der Waals surface area contributed by atoms with Crippen LogP contribution in [0.15, 0.2) is 70.6 Å². The minimum absolute atomic E-state index is 0.0869. The first kappa shape index (κ1) is 33.6. The Kier molecular flexibility index (Phi) is 11.1. The lowest BCUT2D eigenvalue weighted by molar-refractivity contribution is -0.132. The monoisotopic (exact) mass is 699 g/mol. The number of ketones is 1. The number of amides is 1. The molecule has 4 aromatic rings. The normalized spacial score (nSPS) is 15.8. The number of aliphatic hydroxyl groups excluding tert-OH is 1. The topological polar surface area (TPSA) is 111 Å². The van der Waals surface area contributed by atoms with Gasteiger partial charge in [-0.25, -0.2) is 0 Å². The Morgan fingerprint density at radius 2 is 1.67 bits per heavy atom. The standard InChI is InChI=1S/C33H31Cl2N3O6S2/c1-4-15-44-23-12-8-19(9-13-23)29(39)27-28(20-10-14-25(42-5-2)26(16-20)43-6-3)38(31(41)30(27)40)32-36-37-33(46-32)45-18-21-7-11-22(34)17-24(21)35/h7-14,16-17,28,39H,4-6,15,18H2,1-3H3/b29-27+. The number of anilines is 1. The van der Waals surface area contributed by atoms with Gasteiger partial charge in [0.05, 0.1) is 31.4 Å². The Bertz CT molecular complexity index is 1760. The van der Waals surface area contributed by atoms with Crippen molar-refractivity contribution in [2.24, 2.45) is 0 Å². The average molecular weight is 701 g/mol. The summed E-state index contributed by atoms with van der Waals surface area (Å²) in [5.74, 6) is 0.0639. The number of rotatable bonds is 13. The summed E-state index contributed by atoms with van der Waals surface area (Å²) >= 11 is 14.9. The summed E-state index contributed by atoms with van der Waals surface area (Å²) < 4.78 is 17.8. The zero-order chi connectivity index (χ0) is 32.8. The number of carbonyl (C=O) groups is 2. The predicted molar refractivity (Wildman–Crippen MR) is 182 cm³/mol. The Morgan fingerprint density at radius 1 is 0.935 bits per heavy atom. The molecule has 46 heavy (non-hydrogen) atoms. The third-order valence-electron chi connectivity index (χ3n) is 6.90. The molecule has 9 nitrogen and oxygen atoms in total. The molecule has 1 N–H and O–H groups in total. The van der Waals surface area contributed by atoms with Crippen LogP contribution in [0, 0.1) is 0 Å². The van der Waals surface area contributed by atoms with E-state index in [4.69, 9.17) is 37.4 Å². The van der Waals surface area contributed by atoms with Crippen molar-refractivity contribution in [3.63, 3.8) is 0 Å². The van der Waals surface area contributed by atoms with Crippen molar-refractivity contribution in [2.45, 2.75) is 43.3 Å². The molecule has 5 rings (SSSR count). The fourth-order valence-electron chi connectivity index (χ4n) is 4.80. The molecule has 1 fully saturated rings. The molecule has 0 spiro atoms. The quantitative estimate of drug-likeness (QED) is 0.0484. The maximum absolute atomic E-state index is 13.7. The van der Waals surface area contributed by atoms with E-state index in [9.17, 15) is 14.7 Å². The maximum Gasteiger partial charge on any atom is 0.301 e. The Balaban J connectivity index is 1.56. The van der Waals surface area contributed by atoms with E-state index in [2.05, 4.69) is 10.2 Å². The minimum Gasteiger partial charge on any atom is -0.507 e. The molecule has 0 radical (unpaired) electrons. The first-order valence-corrected chi connectivity index (χ1v) is 17.1. The molecule has 1 atom stereocenters. The van der Waals surface area contributed by atoms with Gasteiger partial charge in [0.25, 0.3) is 5.78 Å². The third kappa shape index (κ3) is 7.28. The van der Waals surface area contributed by atoms with E-state index >= 15 is 0 Å². The van der Waals surface area contributed by atoms with Crippen molar-refractivity contribution in [3.05, 3.63) is 93.0 Å². The number of hydrogen-bond donors (Lipinski definition) is 1. The molecule has 0 aliphatic carbocycles. The van der Waals surface area contributed by atoms with Crippen molar-refractivity contribution in [2.75, 3.05) is 24.7 Å². The molecule has 1 aromatic heterocycles. The van der Waals surface area contributed by atoms with Gasteiger partial charge in [-0.15, -0.1) is 10.2 Å². The molecule has 2 heterocycles. The molecule has 13 heteroatoms. The molecule has 3 aromatic carbocycles. The first-order chi connectivity index (χ1) is 22.2. The average Bonchev–Trinajstić information content (AvgIpc) is 3.62. The summed E-state index contributed by atoms with van der Waals surface area (Å²) in [7, 11) is 0. The molecule has 0 bridgehead atoms. The van der Waals surface area contributed by atoms with E-state index in [1.54, 1.807) is 54.6 Å². The smallest absolute Gasteiger partial charge is 0.301 e. The van der Waals surface area contributed by atoms with E-state index in [0.717, 1.165) is 23.3 Å². The van der Waals surface area contributed by atoms with Gasteiger partial charge in [0.1, 0.15) is 11.5 Å². The summed E-state index contributed by atoms with van der Waals surface area (Å²) in [5.41, 5.74) is 1.65. The highest BCUT2D eigenvalue weighted by Gasteiger charge is 2.48.